The first-order valence-electron chi connectivity index (χ1n) is 8.01. The first kappa shape index (κ1) is 20.3. The molecule has 0 aromatic carbocycles. The first-order chi connectivity index (χ1) is 10.2. The van der Waals surface area contributed by atoms with Crippen molar-refractivity contribution in [2.45, 2.75) is 18.6 Å². The van der Waals surface area contributed by atoms with E-state index in [4.69, 9.17) is 4.74 Å². The van der Waals surface area contributed by atoms with Crippen LogP contribution in [0.4, 0.5) is 0 Å². The summed E-state index contributed by atoms with van der Waals surface area (Å²) in [7, 11) is 1.88. The summed E-state index contributed by atoms with van der Waals surface area (Å²) in [5.41, 5.74) is 0. The molecule has 0 bridgehead atoms. The van der Waals surface area contributed by atoms with Gasteiger partial charge in [0.15, 0.2) is 5.96 Å². The molecule has 0 aliphatic carbocycles. The van der Waals surface area contributed by atoms with Crippen LogP contribution in [0.1, 0.15) is 13.3 Å². The lowest BCUT2D eigenvalue weighted by molar-refractivity contribution is 0.139. The summed E-state index contributed by atoms with van der Waals surface area (Å²) in [6.45, 7) is 10.7. The highest BCUT2D eigenvalue weighted by Gasteiger charge is 2.23. The summed E-state index contributed by atoms with van der Waals surface area (Å²) in [6, 6.07) is 0. The van der Waals surface area contributed by atoms with Gasteiger partial charge >= 0.3 is 0 Å². The van der Waals surface area contributed by atoms with Crippen molar-refractivity contribution in [1.29, 1.82) is 0 Å². The average molecular weight is 442 g/mol. The predicted octanol–water partition coefficient (Wildman–Crippen LogP) is 1.59. The molecule has 2 heterocycles. The van der Waals surface area contributed by atoms with E-state index in [9.17, 15) is 0 Å². The molecule has 2 aliphatic rings. The van der Waals surface area contributed by atoms with Crippen LogP contribution < -0.4 is 5.32 Å². The Morgan fingerprint density at radius 3 is 2.64 bits per heavy atom. The zero-order chi connectivity index (χ0) is 15.1. The third-order valence-electron chi connectivity index (χ3n) is 4.37. The summed E-state index contributed by atoms with van der Waals surface area (Å²) in [5.74, 6) is 1.80. The summed E-state index contributed by atoms with van der Waals surface area (Å²) >= 11 is 1.89. The van der Waals surface area contributed by atoms with Crippen LogP contribution in [0.3, 0.4) is 0 Å². The van der Waals surface area contributed by atoms with Gasteiger partial charge in [-0.2, -0.15) is 11.8 Å². The predicted molar refractivity (Wildman–Crippen MR) is 107 cm³/mol. The molecule has 0 spiro atoms. The fraction of sp³-hybridized carbons (Fsp3) is 0.933. The van der Waals surface area contributed by atoms with E-state index in [2.05, 4.69) is 33.3 Å². The molecular formula is C15H31IN4OS. The molecule has 7 heteroatoms. The maximum absolute atomic E-state index is 5.47. The van der Waals surface area contributed by atoms with E-state index in [1.54, 1.807) is 0 Å². The number of nitrogens with one attached hydrogen (secondary N) is 1. The molecular weight excluding hydrogens is 411 g/mol. The Bertz CT molecular complexity index is 332. The number of thioether (sulfide) groups is 1. The molecule has 2 atom stereocenters. The highest BCUT2D eigenvalue weighted by Crippen LogP contribution is 2.15. The van der Waals surface area contributed by atoms with Gasteiger partial charge in [0, 0.05) is 58.2 Å². The third kappa shape index (κ3) is 6.41. The van der Waals surface area contributed by atoms with Crippen LogP contribution >= 0.6 is 35.7 Å². The van der Waals surface area contributed by atoms with Crippen molar-refractivity contribution < 1.29 is 4.74 Å². The van der Waals surface area contributed by atoms with Crippen molar-refractivity contribution in [3.8, 4) is 0 Å². The second kappa shape index (κ2) is 10.9. The van der Waals surface area contributed by atoms with Gasteiger partial charge in [-0.15, -0.1) is 24.0 Å². The van der Waals surface area contributed by atoms with Gasteiger partial charge in [0.05, 0.1) is 6.61 Å². The zero-order valence-corrected chi connectivity index (χ0v) is 17.2. The van der Waals surface area contributed by atoms with Gasteiger partial charge in [-0.1, -0.05) is 6.92 Å². The minimum atomic E-state index is 0. The lowest BCUT2D eigenvalue weighted by Gasteiger charge is -2.37. The standard InChI is InChI=1S/C15H30N4OS.HI/c1-13(21-3)10-17-15(16-2)19-7-5-18(6-8-19)11-14-4-9-20-12-14;/h13-14H,4-12H2,1-3H3,(H,16,17);1H. The molecule has 2 aliphatic heterocycles. The fourth-order valence-electron chi connectivity index (χ4n) is 2.89. The van der Waals surface area contributed by atoms with Crippen molar-refractivity contribution >= 4 is 41.7 Å². The Hall–Kier alpha value is 0.270. The third-order valence-corrected chi connectivity index (χ3v) is 5.35. The molecule has 0 saturated carbocycles. The molecule has 0 amide bonds. The van der Waals surface area contributed by atoms with E-state index in [0.29, 0.717) is 5.25 Å². The molecule has 0 aromatic heterocycles. The van der Waals surface area contributed by atoms with Crippen molar-refractivity contribution in [3.05, 3.63) is 0 Å². The first-order valence-corrected chi connectivity index (χ1v) is 9.30. The van der Waals surface area contributed by atoms with Gasteiger partial charge in [-0.25, -0.2) is 0 Å². The number of rotatable bonds is 5. The van der Waals surface area contributed by atoms with Gasteiger partial charge in [-0.05, 0) is 18.6 Å². The van der Waals surface area contributed by atoms with E-state index in [1.165, 1.54) is 13.0 Å². The lowest BCUT2D eigenvalue weighted by atomic mass is 10.1. The van der Waals surface area contributed by atoms with Gasteiger partial charge in [-0.3, -0.25) is 9.89 Å². The van der Waals surface area contributed by atoms with Gasteiger partial charge in [0.1, 0.15) is 0 Å². The second-order valence-corrected chi connectivity index (χ2v) is 7.27. The number of halogens is 1. The van der Waals surface area contributed by atoms with Crippen LogP contribution in [0.2, 0.25) is 0 Å². The normalized spacial score (nSPS) is 25.0. The maximum atomic E-state index is 5.47. The number of hydrogen-bond acceptors (Lipinski definition) is 4. The SMILES string of the molecule is CN=C(NCC(C)SC)N1CCN(CC2CCOC2)CC1.I. The molecule has 1 N–H and O–H groups in total. The second-order valence-electron chi connectivity index (χ2n) is 5.99. The Balaban J connectivity index is 0.00000242. The van der Waals surface area contributed by atoms with Crippen LogP contribution in [-0.4, -0.2) is 86.8 Å². The number of ether oxygens (including phenoxy) is 1. The molecule has 0 aromatic rings. The highest BCUT2D eigenvalue weighted by atomic mass is 127. The summed E-state index contributed by atoms with van der Waals surface area (Å²) < 4.78 is 5.47. The number of nitrogens with zero attached hydrogens (tertiary/aromatic N) is 3. The Morgan fingerprint density at radius 2 is 2.09 bits per heavy atom. The highest BCUT2D eigenvalue weighted by molar-refractivity contribution is 14.0. The number of piperazine rings is 1. The molecule has 22 heavy (non-hydrogen) atoms. The molecule has 2 saturated heterocycles. The Labute approximate surface area is 156 Å². The number of aliphatic imine (C=N–C) groups is 1. The van der Waals surface area contributed by atoms with Gasteiger partial charge in [0.2, 0.25) is 0 Å². The number of guanidine groups is 1. The van der Waals surface area contributed by atoms with Gasteiger partial charge < -0.3 is 15.0 Å². The molecule has 0 radical (unpaired) electrons. The van der Waals surface area contributed by atoms with Crippen LogP contribution in [0, 0.1) is 5.92 Å². The van der Waals surface area contributed by atoms with E-state index < -0.39 is 0 Å². The van der Waals surface area contributed by atoms with Crippen LogP contribution in [0.5, 0.6) is 0 Å². The van der Waals surface area contributed by atoms with Crippen LogP contribution in [0.25, 0.3) is 0 Å². The van der Waals surface area contributed by atoms with Crippen molar-refractivity contribution in [1.82, 2.24) is 15.1 Å². The lowest BCUT2D eigenvalue weighted by Crippen LogP contribution is -2.53. The zero-order valence-electron chi connectivity index (χ0n) is 14.1. The topological polar surface area (TPSA) is 40.1 Å². The monoisotopic (exact) mass is 442 g/mol. The average Bonchev–Trinajstić information content (AvgIpc) is 3.02. The minimum Gasteiger partial charge on any atom is -0.381 e. The molecule has 2 fully saturated rings. The summed E-state index contributed by atoms with van der Waals surface area (Å²) in [5, 5.41) is 4.11. The van der Waals surface area contributed by atoms with Crippen LogP contribution in [0.15, 0.2) is 4.99 Å². The Kier molecular flexibility index (Phi) is 10.1. The molecule has 2 unspecified atom stereocenters. The minimum absolute atomic E-state index is 0. The quantitative estimate of drug-likeness (QED) is 0.398. The largest absolute Gasteiger partial charge is 0.381 e. The summed E-state index contributed by atoms with van der Waals surface area (Å²) in [6.07, 6.45) is 3.39. The Morgan fingerprint density at radius 1 is 1.36 bits per heavy atom. The number of hydrogen-bond donors (Lipinski definition) is 1. The maximum Gasteiger partial charge on any atom is 0.193 e. The van der Waals surface area contributed by atoms with Crippen molar-refractivity contribution in [3.63, 3.8) is 0 Å². The molecule has 5 nitrogen and oxygen atoms in total. The van der Waals surface area contributed by atoms with E-state index in [0.717, 1.165) is 57.8 Å². The van der Waals surface area contributed by atoms with Crippen molar-refractivity contribution in [2.75, 3.05) is 65.8 Å². The molecule has 2 rings (SSSR count). The van der Waals surface area contributed by atoms with Crippen LogP contribution in [-0.2, 0) is 4.74 Å². The van der Waals surface area contributed by atoms with Crippen molar-refractivity contribution in [2.24, 2.45) is 10.9 Å². The van der Waals surface area contributed by atoms with E-state index in [1.807, 2.05) is 18.8 Å². The van der Waals surface area contributed by atoms with E-state index in [-0.39, 0.29) is 24.0 Å². The van der Waals surface area contributed by atoms with E-state index >= 15 is 0 Å². The molecule has 130 valence electrons. The fourth-order valence-corrected chi connectivity index (χ4v) is 3.14. The summed E-state index contributed by atoms with van der Waals surface area (Å²) in [4.78, 5) is 9.39. The van der Waals surface area contributed by atoms with Gasteiger partial charge in [0.25, 0.3) is 0 Å². The smallest absolute Gasteiger partial charge is 0.193 e.